The zero-order chi connectivity index (χ0) is 18.4. The van der Waals surface area contributed by atoms with Crippen molar-refractivity contribution in [2.75, 3.05) is 0 Å². The molecule has 7 nitrogen and oxygen atoms in total. The summed E-state index contributed by atoms with van der Waals surface area (Å²) in [6, 6.07) is 9.29. The second kappa shape index (κ2) is 8.43. The van der Waals surface area contributed by atoms with Gasteiger partial charge in [-0.1, -0.05) is 32.0 Å². The van der Waals surface area contributed by atoms with Gasteiger partial charge >= 0.3 is 11.9 Å². The molecule has 1 aromatic carbocycles. The predicted molar refractivity (Wildman–Crippen MR) is 92.7 cm³/mol. The first-order valence-electron chi connectivity index (χ1n) is 8.18. The number of para-hydroxylation sites is 1. The summed E-state index contributed by atoms with van der Waals surface area (Å²) in [4.78, 5) is 22.9. The maximum Gasteiger partial charge on any atom is 0.321 e. The third-order valence-corrected chi connectivity index (χ3v) is 3.78. The third-order valence-electron chi connectivity index (χ3n) is 3.78. The van der Waals surface area contributed by atoms with Gasteiger partial charge in [0, 0.05) is 12.6 Å². The maximum absolute atomic E-state index is 11.5. The monoisotopic (exact) mass is 345 g/mol. The van der Waals surface area contributed by atoms with Crippen LogP contribution in [0.25, 0.3) is 5.69 Å². The molecule has 2 rings (SSSR count). The molecule has 0 fully saturated rings. The first-order valence-corrected chi connectivity index (χ1v) is 8.18. The van der Waals surface area contributed by atoms with Crippen LogP contribution in [0.4, 0.5) is 0 Å². The molecule has 2 unspecified atom stereocenters. The Labute approximate surface area is 146 Å². The Morgan fingerprint density at radius 2 is 1.72 bits per heavy atom. The van der Waals surface area contributed by atoms with Crippen molar-refractivity contribution in [3.8, 4) is 5.69 Å². The van der Waals surface area contributed by atoms with Gasteiger partial charge in [-0.05, 0) is 30.5 Å². The third kappa shape index (κ3) is 5.42. The molecule has 0 aliphatic heterocycles. The van der Waals surface area contributed by atoms with Crippen molar-refractivity contribution >= 4 is 11.9 Å². The number of hydrogen-bond donors (Lipinski definition) is 3. The number of carbonyl (C=O) groups is 2. The van der Waals surface area contributed by atoms with Gasteiger partial charge < -0.3 is 10.2 Å². The minimum atomic E-state index is -1.09. The number of carboxylic acids is 2. The van der Waals surface area contributed by atoms with Gasteiger partial charge in [-0.3, -0.25) is 14.9 Å². The SMILES string of the molecule is CC(C)CC(NC(Cc1ccn(-c2ccccc2)n1)C(=O)O)C(=O)O. The molecule has 0 aliphatic carbocycles. The molecular weight excluding hydrogens is 322 g/mol. The number of hydrogen-bond acceptors (Lipinski definition) is 4. The molecule has 0 amide bonds. The first-order chi connectivity index (χ1) is 11.9. The van der Waals surface area contributed by atoms with E-state index in [0.29, 0.717) is 12.1 Å². The quantitative estimate of drug-likeness (QED) is 0.642. The Morgan fingerprint density at radius 1 is 1.08 bits per heavy atom. The fraction of sp³-hybridized carbons (Fsp3) is 0.389. The topological polar surface area (TPSA) is 104 Å². The number of aromatic nitrogens is 2. The number of benzene rings is 1. The molecule has 0 spiro atoms. The number of nitrogens with zero attached hydrogens (tertiary/aromatic N) is 2. The number of nitrogens with one attached hydrogen (secondary N) is 1. The van der Waals surface area contributed by atoms with E-state index in [1.807, 2.05) is 44.2 Å². The van der Waals surface area contributed by atoms with Gasteiger partial charge in [0.25, 0.3) is 0 Å². The molecular formula is C18H23N3O4. The van der Waals surface area contributed by atoms with E-state index in [-0.39, 0.29) is 12.3 Å². The van der Waals surface area contributed by atoms with Crippen LogP contribution in [0.15, 0.2) is 42.6 Å². The fourth-order valence-corrected chi connectivity index (χ4v) is 2.58. The summed E-state index contributed by atoms with van der Waals surface area (Å²) in [7, 11) is 0. The van der Waals surface area contributed by atoms with Gasteiger partial charge in [0.15, 0.2) is 0 Å². The smallest absolute Gasteiger partial charge is 0.321 e. The lowest BCUT2D eigenvalue weighted by atomic mass is 10.0. The predicted octanol–water partition coefficient (Wildman–Crippen LogP) is 1.96. The minimum absolute atomic E-state index is 0.108. The van der Waals surface area contributed by atoms with E-state index in [1.54, 1.807) is 16.9 Å². The highest BCUT2D eigenvalue weighted by molar-refractivity contribution is 5.77. The lowest BCUT2D eigenvalue weighted by Gasteiger charge is -2.21. The Morgan fingerprint density at radius 3 is 2.28 bits per heavy atom. The van der Waals surface area contributed by atoms with Crippen LogP contribution in [-0.4, -0.2) is 44.0 Å². The summed E-state index contributed by atoms with van der Waals surface area (Å²) in [5.41, 5.74) is 1.45. The largest absolute Gasteiger partial charge is 0.480 e. The van der Waals surface area contributed by atoms with E-state index in [9.17, 15) is 19.8 Å². The van der Waals surface area contributed by atoms with Crippen LogP contribution in [0.2, 0.25) is 0 Å². The highest BCUT2D eigenvalue weighted by Crippen LogP contribution is 2.11. The maximum atomic E-state index is 11.5. The average Bonchev–Trinajstić information content (AvgIpc) is 3.02. The van der Waals surface area contributed by atoms with Gasteiger partial charge in [0.2, 0.25) is 0 Å². The molecule has 0 saturated carbocycles. The second-order valence-electron chi connectivity index (χ2n) is 6.37. The van der Waals surface area contributed by atoms with Crippen LogP contribution in [0, 0.1) is 5.92 Å². The lowest BCUT2D eigenvalue weighted by Crippen LogP contribution is -2.48. The summed E-state index contributed by atoms with van der Waals surface area (Å²) in [5, 5.41) is 25.8. The van der Waals surface area contributed by atoms with Crippen molar-refractivity contribution in [1.29, 1.82) is 0 Å². The molecule has 7 heteroatoms. The Hall–Kier alpha value is -2.67. The van der Waals surface area contributed by atoms with E-state index in [4.69, 9.17) is 0 Å². The van der Waals surface area contributed by atoms with E-state index in [1.165, 1.54) is 0 Å². The van der Waals surface area contributed by atoms with Gasteiger partial charge in [0.05, 0.1) is 11.4 Å². The molecule has 3 N–H and O–H groups in total. The summed E-state index contributed by atoms with van der Waals surface area (Å²) in [6.45, 7) is 3.80. The molecule has 25 heavy (non-hydrogen) atoms. The summed E-state index contributed by atoms with van der Waals surface area (Å²) >= 11 is 0. The second-order valence-corrected chi connectivity index (χ2v) is 6.37. The van der Waals surface area contributed by atoms with Crippen LogP contribution in [-0.2, 0) is 16.0 Å². The number of aliphatic carboxylic acids is 2. The Balaban J connectivity index is 2.10. The van der Waals surface area contributed by atoms with Crippen LogP contribution in [0.5, 0.6) is 0 Å². The molecule has 2 atom stereocenters. The van der Waals surface area contributed by atoms with Crippen molar-refractivity contribution in [3.05, 3.63) is 48.3 Å². The molecule has 1 heterocycles. The molecule has 2 aromatic rings. The van der Waals surface area contributed by atoms with Crippen molar-refractivity contribution in [3.63, 3.8) is 0 Å². The van der Waals surface area contributed by atoms with Gasteiger partial charge in [-0.15, -0.1) is 0 Å². The summed E-state index contributed by atoms with van der Waals surface area (Å²) in [5.74, 6) is -2.00. The minimum Gasteiger partial charge on any atom is -0.480 e. The summed E-state index contributed by atoms with van der Waals surface area (Å²) < 4.78 is 1.66. The van der Waals surface area contributed by atoms with Crippen molar-refractivity contribution in [2.45, 2.75) is 38.8 Å². The standard InChI is InChI=1S/C18H23N3O4/c1-12(2)10-15(17(22)23)19-16(18(24)25)11-13-8-9-21(20-13)14-6-4-3-5-7-14/h3-9,12,15-16,19H,10-11H2,1-2H3,(H,22,23)(H,24,25). The fourth-order valence-electron chi connectivity index (χ4n) is 2.58. The van der Waals surface area contributed by atoms with Crippen LogP contribution in [0.1, 0.15) is 26.0 Å². The molecule has 0 aliphatic rings. The molecule has 1 aromatic heterocycles. The van der Waals surface area contributed by atoms with Crippen molar-refractivity contribution in [1.82, 2.24) is 15.1 Å². The molecule has 0 saturated heterocycles. The summed E-state index contributed by atoms with van der Waals surface area (Å²) in [6.07, 6.45) is 2.22. The first kappa shape index (κ1) is 18.7. The lowest BCUT2D eigenvalue weighted by molar-refractivity contribution is -0.142. The van der Waals surface area contributed by atoms with E-state index < -0.39 is 24.0 Å². The van der Waals surface area contributed by atoms with Crippen LogP contribution < -0.4 is 5.32 Å². The van der Waals surface area contributed by atoms with Gasteiger partial charge in [-0.25, -0.2) is 4.68 Å². The van der Waals surface area contributed by atoms with Crippen LogP contribution >= 0.6 is 0 Å². The highest BCUT2D eigenvalue weighted by Gasteiger charge is 2.27. The van der Waals surface area contributed by atoms with E-state index in [2.05, 4.69) is 10.4 Å². The average molecular weight is 345 g/mol. The van der Waals surface area contributed by atoms with Gasteiger partial charge in [0.1, 0.15) is 12.1 Å². The van der Waals surface area contributed by atoms with Crippen molar-refractivity contribution in [2.24, 2.45) is 5.92 Å². The van der Waals surface area contributed by atoms with Crippen LogP contribution in [0.3, 0.4) is 0 Å². The Kier molecular flexibility index (Phi) is 6.30. The number of rotatable bonds is 9. The zero-order valence-corrected chi connectivity index (χ0v) is 14.3. The highest BCUT2D eigenvalue weighted by atomic mass is 16.4. The van der Waals surface area contributed by atoms with Gasteiger partial charge in [-0.2, -0.15) is 5.10 Å². The normalized spacial score (nSPS) is 13.6. The number of carboxylic acid groups (broad SMARTS) is 2. The van der Waals surface area contributed by atoms with E-state index >= 15 is 0 Å². The zero-order valence-electron chi connectivity index (χ0n) is 14.3. The molecule has 134 valence electrons. The Bertz CT molecular complexity index is 712. The molecule has 0 radical (unpaired) electrons. The van der Waals surface area contributed by atoms with Crippen molar-refractivity contribution < 1.29 is 19.8 Å². The molecule has 0 bridgehead atoms. The van der Waals surface area contributed by atoms with E-state index in [0.717, 1.165) is 5.69 Å².